The molecular formula is C48H86O2. The normalized spacial score (nSPS) is 34.2. The van der Waals surface area contributed by atoms with Gasteiger partial charge in [-0.1, -0.05) is 157 Å². The molecule has 2 nitrogen and oxygen atoms in total. The SMILES string of the molecule is C=CC[C@@H]1[C@H](OC(=O)CCCCCCCCCCCCCCCCC)CC[C@]2(C)C3CC[C@@]4(C)C(CC[C@@H]4[C@H](C)CCCC(C)C)C3CC[C@@H]12. The molecule has 290 valence electrons. The van der Waals surface area contributed by atoms with Crippen LogP contribution in [0.5, 0.6) is 0 Å². The zero-order chi connectivity index (χ0) is 36.0. The van der Waals surface area contributed by atoms with Crippen molar-refractivity contribution in [2.75, 3.05) is 0 Å². The standard InChI is InChI=1S/C48H86O2/c1-8-10-11-12-13-14-15-16-17-18-19-20-21-22-23-28-46(49)50-45-34-36-48(7)43(40(45)25-9-2)30-29-39-42-32-31-41(38(5)27-24-26-37(3)4)47(42,6)35-33-44(39)48/h9,37-45H,2,8,10-36H2,1,3-7H3/t38-,39?,40+,41-,42?,43+,44?,45-,47-,48+/m1/s1. The second-order valence-corrected chi connectivity index (χ2v) is 19.6. The average molecular weight is 695 g/mol. The molecule has 0 amide bonds. The maximum atomic E-state index is 13.2. The molecule has 0 saturated heterocycles. The van der Waals surface area contributed by atoms with Crippen molar-refractivity contribution in [2.24, 2.45) is 58.2 Å². The Balaban J connectivity index is 1.17. The summed E-state index contributed by atoms with van der Waals surface area (Å²) >= 11 is 0. The van der Waals surface area contributed by atoms with E-state index in [-0.39, 0.29) is 12.1 Å². The van der Waals surface area contributed by atoms with Crippen molar-refractivity contribution < 1.29 is 9.53 Å². The predicted molar refractivity (Wildman–Crippen MR) is 216 cm³/mol. The lowest BCUT2D eigenvalue weighted by molar-refractivity contribution is -0.177. The Bertz CT molecular complexity index is 969. The van der Waals surface area contributed by atoms with E-state index in [0.29, 0.717) is 29.1 Å². The zero-order valence-corrected chi connectivity index (χ0v) is 34.6. The largest absolute Gasteiger partial charge is 0.462 e. The van der Waals surface area contributed by atoms with Crippen molar-refractivity contribution >= 4 is 5.97 Å². The highest BCUT2D eigenvalue weighted by molar-refractivity contribution is 5.69. The van der Waals surface area contributed by atoms with Crippen molar-refractivity contribution in [1.29, 1.82) is 0 Å². The smallest absolute Gasteiger partial charge is 0.306 e. The Hall–Kier alpha value is -0.790. The molecule has 50 heavy (non-hydrogen) atoms. The van der Waals surface area contributed by atoms with Crippen molar-refractivity contribution in [1.82, 2.24) is 0 Å². The van der Waals surface area contributed by atoms with Crippen LogP contribution in [0.3, 0.4) is 0 Å². The molecule has 3 unspecified atom stereocenters. The van der Waals surface area contributed by atoms with Gasteiger partial charge in [0.05, 0.1) is 0 Å². The average Bonchev–Trinajstić information content (AvgIpc) is 3.45. The van der Waals surface area contributed by atoms with Gasteiger partial charge in [-0.25, -0.2) is 0 Å². The maximum absolute atomic E-state index is 13.2. The first-order valence-corrected chi connectivity index (χ1v) is 23.0. The van der Waals surface area contributed by atoms with Gasteiger partial charge in [0.2, 0.25) is 0 Å². The van der Waals surface area contributed by atoms with Gasteiger partial charge in [-0.3, -0.25) is 4.79 Å². The van der Waals surface area contributed by atoms with Gasteiger partial charge in [-0.05, 0) is 116 Å². The van der Waals surface area contributed by atoms with Gasteiger partial charge in [0.1, 0.15) is 6.10 Å². The molecule has 4 aliphatic rings. The van der Waals surface area contributed by atoms with Crippen LogP contribution in [0.2, 0.25) is 0 Å². The van der Waals surface area contributed by atoms with Crippen LogP contribution >= 0.6 is 0 Å². The summed E-state index contributed by atoms with van der Waals surface area (Å²) in [6.07, 6.45) is 39.3. The Labute approximate surface area is 312 Å². The van der Waals surface area contributed by atoms with E-state index in [1.54, 1.807) is 0 Å². The van der Waals surface area contributed by atoms with E-state index in [1.807, 2.05) is 0 Å². The van der Waals surface area contributed by atoms with Gasteiger partial charge >= 0.3 is 5.97 Å². The van der Waals surface area contributed by atoms with Crippen LogP contribution < -0.4 is 0 Å². The van der Waals surface area contributed by atoms with Gasteiger partial charge in [0.25, 0.3) is 0 Å². The first kappa shape index (κ1) is 42.0. The Morgan fingerprint density at radius 1 is 0.680 bits per heavy atom. The summed E-state index contributed by atoms with van der Waals surface area (Å²) in [6.45, 7) is 19.3. The fourth-order valence-electron chi connectivity index (χ4n) is 13.0. The quantitative estimate of drug-likeness (QED) is 0.0571. The molecule has 4 rings (SSSR count). The molecule has 2 heteroatoms. The van der Waals surface area contributed by atoms with Crippen LogP contribution in [-0.2, 0) is 9.53 Å². The zero-order valence-electron chi connectivity index (χ0n) is 34.6. The number of fused-ring (bicyclic) bond motifs is 5. The molecule has 0 radical (unpaired) electrons. The summed E-state index contributed by atoms with van der Waals surface area (Å²) in [5.74, 6) is 6.56. The predicted octanol–water partition coefficient (Wildman–Crippen LogP) is 15.1. The third-order valence-electron chi connectivity index (χ3n) is 15.8. The van der Waals surface area contributed by atoms with Crippen LogP contribution in [0.4, 0.5) is 0 Å². The first-order valence-electron chi connectivity index (χ1n) is 23.0. The molecule has 0 N–H and O–H groups in total. The highest BCUT2D eigenvalue weighted by Crippen LogP contribution is 2.69. The first-order chi connectivity index (χ1) is 24.2. The summed E-state index contributed by atoms with van der Waals surface area (Å²) < 4.78 is 6.39. The fourth-order valence-corrected chi connectivity index (χ4v) is 13.0. The molecule has 0 aromatic heterocycles. The maximum Gasteiger partial charge on any atom is 0.306 e. The van der Waals surface area contributed by atoms with Gasteiger partial charge in [-0.15, -0.1) is 6.58 Å². The van der Waals surface area contributed by atoms with Crippen molar-refractivity contribution in [2.45, 2.75) is 227 Å². The van der Waals surface area contributed by atoms with E-state index in [9.17, 15) is 4.79 Å². The number of hydrogen-bond acceptors (Lipinski definition) is 2. The van der Waals surface area contributed by atoms with Gasteiger partial charge in [0, 0.05) is 12.3 Å². The lowest BCUT2D eigenvalue weighted by Crippen LogP contribution is -2.57. The van der Waals surface area contributed by atoms with E-state index in [0.717, 1.165) is 54.8 Å². The molecule has 0 aromatic carbocycles. The molecule has 0 aliphatic heterocycles. The minimum absolute atomic E-state index is 0.0731. The van der Waals surface area contributed by atoms with Crippen molar-refractivity contribution in [3.8, 4) is 0 Å². The Morgan fingerprint density at radius 3 is 1.84 bits per heavy atom. The fraction of sp³-hybridized carbons (Fsp3) is 0.938. The molecule has 0 aromatic rings. The van der Waals surface area contributed by atoms with Gasteiger partial charge < -0.3 is 4.74 Å². The Kier molecular flexibility index (Phi) is 17.8. The number of carbonyl (C=O) groups excluding carboxylic acids is 1. The Morgan fingerprint density at radius 2 is 1.24 bits per heavy atom. The van der Waals surface area contributed by atoms with Crippen LogP contribution in [0.1, 0.15) is 221 Å². The topological polar surface area (TPSA) is 26.3 Å². The monoisotopic (exact) mass is 695 g/mol. The van der Waals surface area contributed by atoms with E-state index < -0.39 is 0 Å². The lowest BCUT2D eigenvalue weighted by atomic mass is 9.43. The number of ether oxygens (including phenoxy) is 1. The molecular weight excluding hydrogens is 609 g/mol. The summed E-state index contributed by atoms with van der Waals surface area (Å²) in [7, 11) is 0. The number of esters is 1. The van der Waals surface area contributed by atoms with Gasteiger partial charge in [-0.2, -0.15) is 0 Å². The summed E-state index contributed by atoms with van der Waals surface area (Å²) in [5, 5.41) is 0. The van der Waals surface area contributed by atoms with E-state index in [2.05, 4.69) is 54.2 Å². The van der Waals surface area contributed by atoms with Gasteiger partial charge in [0.15, 0.2) is 0 Å². The third kappa shape index (κ3) is 11.1. The number of rotatable bonds is 24. The van der Waals surface area contributed by atoms with E-state index in [4.69, 9.17) is 4.74 Å². The molecule has 10 atom stereocenters. The highest BCUT2D eigenvalue weighted by Gasteiger charge is 2.62. The van der Waals surface area contributed by atoms with Crippen LogP contribution in [0, 0.1) is 58.2 Å². The van der Waals surface area contributed by atoms with Crippen LogP contribution in [0.15, 0.2) is 12.7 Å². The molecule has 0 bridgehead atoms. The third-order valence-corrected chi connectivity index (χ3v) is 15.8. The number of unbranched alkanes of at least 4 members (excludes halogenated alkanes) is 14. The molecule has 0 heterocycles. The minimum atomic E-state index is 0.0731. The highest BCUT2D eigenvalue weighted by atomic mass is 16.5. The van der Waals surface area contributed by atoms with Crippen molar-refractivity contribution in [3.63, 3.8) is 0 Å². The second-order valence-electron chi connectivity index (χ2n) is 19.6. The number of hydrogen-bond donors (Lipinski definition) is 0. The minimum Gasteiger partial charge on any atom is -0.462 e. The summed E-state index contributed by atoms with van der Waals surface area (Å²) in [5.41, 5.74) is 0.956. The molecule has 4 saturated carbocycles. The van der Waals surface area contributed by atoms with Crippen LogP contribution in [0.25, 0.3) is 0 Å². The summed E-state index contributed by atoms with van der Waals surface area (Å²) in [6, 6.07) is 0. The molecule has 0 spiro atoms. The van der Waals surface area contributed by atoms with Crippen LogP contribution in [-0.4, -0.2) is 12.1 Å². The molecule has 4 aliphatic carbocycles. The number of carbonyl (C=O) groups is 1. The van der Waals surface area contributed by atoms with E-state index in [1.165, 1.54) is 154 Å². The summed E-state index contributed by atoms with van der Waals surface area (Å²) in [4.78, 5) is 13.2. The number of allylic oxidation sites excluding steroid dienone is 1. The lowest BCUT2D eigenvalue weighted by Gasteiger charge is -2.63. The second kappa shape index (κ2) is 21.2. The van der Waals surface area contributed by atoms with E-state index >= 15 is 0 Å². The molecule has 4 fully saturated rings. The van der Waals surface area contributed by atoms with Crippen molar-refractivity contribution in [3.05, 3.63) is 12.7 Å².